The number of carbonyl (C=O) groups excluding carboxylic acids is 2. The van der Waals surface area contributed by atoms with Crippen molar-refractivity contribution in [2.45, 2.75) is 72.7 Å². The summed E-state index contributed by atoms with van der Waals surface area (Å²) < 4.78 is 12.0. The van der Waals surface area contributed by atoms with Crippen molar-refractivity contribution >= 4 is 12.1 Å². The Morgan fingerprint density at radius 3 is 2.52 bits per heavy atom. The Morgan fingerprint density at radius 2 is 1.96 bits per heavy atom. The van der Waals surface area contributed by atoms with Crippen LogP contribution in [0.15, 0.2) is 0 Å². The molecule has 8 unspecified atom stereocenters. The molecular weight excluding hydrogens is 316 g/mol. The summed E-state index contributed by atoms with van der Waals surface area (Å²) in [4.78, 5) is 25.2. The summed E-state index contributed by atoms with van der Waals surface area (Å²) in [6.07, 6.45) is 4.39. The van der Waals surface area contributed by atoms with E-state index in [1.165, 1.54) is 0 Å². The maximum absolute atomic E-state index is 13.4. The van der Waals surface area contributed by atoms with Crippen molar-refractivity contribution in [3.05, 3.63) is 0 Å². The second-order valence-corrected chi connectivity index (χ2v) is 9.60. The van der Waals surface area contributed by atoms with Crippen LogP contribution in [0, 0.1) is 40.4 Å². The van der Waals surface area contributed by atoms with Gasteiger partial charge in [0.25, 0.3) is 0 Å². The summed E-state index contributed by atoms with van der Waals surface area (Å²) in [7, 11) is 1.71. The van der Waals surface area contributed by atoms with Gasteiger partial charge < -0.3 is 14.3 Å². The van der Waals surface area contributed by atoms with Gasteiger partial charge in [-0.3, -0.25) is 4.79 Å². The van der Waals surface area contributed by atoms with Gasteiger partial charge in [0.15, 0.2) is 6.29 Å². The summed E-state index contributed by atoms with van der Waals surface area (Å²) in [6.45, 7) is 10.8. The van der Waals surface area contributed by atoms with E-state index < -0.39 is 0 Å². The number of fused-ring (bicyclic) bond motifs is 3. The molecule has 1 saturated heterocycles. The molecule has 8 atom stereocenters. The molecule has 0 aromatic heterocycles. The molecule has 4 nitrogen and oxygen atoms in total. The average Bonchev–Trinajstić information content (AvgIpc) is 2.55. The zero-order valence-electron chi connectivity index (χ0n) is 16.6. The molecule has 2 aliphatic carbocycles. The van der Waals surface area contributed by atoms with Crippen LogP contribution in [0.3, 0.4) is 0 Å². The van der Waals surface area contributed by atoms with Crippen molar-refractivity contribution in [3.8, 4) is 0 Å². The third-order valence-corrected chi connectivity index (χ3v) is 7.80. The number of ketones is 1. The lowest BCUT2D eigenvalue weighted by molar-refractivity contribution is -0.284. The maximum Gasteiger partial charge on any atom is 0.160 e. The summed E-state index contributed by atoms with van der Waals surface area (Å²) in [5.74, 6) is 0.802. The number of rotatable bonds is 3. The van der Waals surface area contributed by atoms with E-state index >= 15 is 0 Å². The predicted molar refractivity (Wildman–Crippen MR) is 95.9 cm³/mol. The Labute approximate surface area is 152 Å². The molecule has 0 N–H and O–H groups in total. The van der Waals surface area contributed by atoms with Crippen LogP contribution in [0.5, 0.6) is 0 Å². The molecule has 0 spiro atoms. The highest BCUT2D eigenvalue weighted by molar-refractivity contribution is 5.87. The van der Waals surface area contributed by atoms with E-state index in [1.807, 2.05) is 6.92 Å². The summed E-state index contributed by atoms with van der Waals surface area (Å²) in [5, 5.41) is 0. The summed E-state index contributed by atoms with van der Waals surface area (Å²) >= 11 is 0. The van der Waals surface area contributed by atoms with E-state index in [0.29, 0.717) is 18.1 Å². The lowest BCUT2D eigenvalue weighted by Crippen LogP contribution is -2.64. The van der Waals surface area contributed by atoms with Crippen molar-refractivity contribution in [3.63, 3.8) is 0 Å². The largest absolute Gasteiger partial charge is 0.356 e. The number of Topliss-reactive ketones (excluding diaryl/α,β-unsaturated/α-hetero) is 1. The third kappa shape index (κ3) is 2.71. The fraction of sp³-hybridized carbons (Fsp3) is 0.905. The van der Waals surface area contributed by atoms with Gasteiger partial charge in [-0.25, -0.2) is 0 Å². The molecule has 2 saturated carbocycles. The number of methoxy groups -OCH3 is 1. The first kappa shape index (κ1) is 19.0. The fourth-order valence-electron chi connectivity index (χ4n) is 6.30. The minimum absolute atomic E-state index is 0.0238. The highest BCUT2D eigenvalue weighted by Crippen LogP contribution is 2.65. The smallest absolute Gasteiger partial charge is 0.160 e. The Balaban J connectivity index is 2.07. The second-order valence-electron chi connectivity index (χ2n) is 9.60. The normalized spacial score (nSPS) is 50.3. The minimum atomic E-state index is -0.254. The Kier molecular flexibility index (Phi) is 4.91. The van der Waals surface area contributed by atoms with Crippen LogP contribution in [0.25, 0.3) is 0 Å². The average molecular weight is 350 g/mol. The van der Waals surface area contributed by atoms with Crippen LogP contribution in [-0.4, -0.2) is 31.6 Å². The quantitative estimate of drug-likeness (QED) is 0.725. The van der Waals surface area contributed by atoms with Crippen molar-refractivity contribution in [1.29, 1.82) is 0 Å². The highest BCUT2D eigenvalue weighted by atomic mass is 16.7. The number of carbonyl (C=O) groups is 2. The van der Waals surface area contributed by atoms with Gasteiger partial charge in [-0.15, -0.1) is 0 Å². The molecule has 0 aromatic rings. The van der Waals surface area contributed by atoms with Gasteiger partial charge in [0, 0.05) is 30.8 Å². The topological polar surface area (TPSA) is 52.6 Å². The maximum atomic E-state index is 13.4. The van der Waals surface area contributed by atoms with Crippen molar-refractivity contribution in [2.75, 3.05) is 7.11 Å². The van der Waals surface area contributed by atoms with Crippen molar-refractivity contribution in [1.82, 2.24) is 0 Å². The van der Waals surface area contributed by atoms with Crippen LogP contribution in [0.2, 0.25) is 0 Å². The van der Waals surface area contributed by atoms with Gasteiger partial charge in [0.2, 0.25) is 0 Å². The molecule has 3 aliphatic rings. The van der Waals surface area contributed by atoms with E-state index in [-0.39, 0.29) is 46.9 Å². The first-order valence-electron chi connectivity index (χ1n) is 9.86. The first-order valence-corrected chi connectivity index (χ1v) is 9.86. The molecule has 1 aliphatic heterocycles. The van der Waals surface area contributed by atoms with Gasteiger partial charge in [-0.05, 0) is 42.4 Å². The summed E-state index contributed by atoms with van der Waals surface area (Å²) in [5.41, 5.74) is -0.401. The van der Waals surface area contributed by atoms with Gasteiger partial charge in [0.05, 0.1) is 6.10 Å². The molecule has 0 aromatic carbocycles. The predicted octanol–water partition coefficient (Wildman–Crippen LogP) is 3.87. The van der Waals surface area contributed by atoms with E-state index in [4.69, 9.17) is 9.47 Å². The number of aldehydes is 1. The standard InChI is InChI=1S/C21H34O4/c1-12(2)16-10-21(5)15(19(24-6)25-16)7-8-20(4)14(11-22)9-13(3)17(23)18(20)21/h11-16,18-19H,7-10H2,1-6H3. The van der Waals surface area contributed by atoms with Crippen LogP contribution in [0.4, 0.5) is 0 Å². The Morgan fingerprint density at radius 1 is 1.28 bits per heavy atom. The molecule has 1 heterocycles. The van der Waals surface area contributed by atoms with Gasteiger partial charge in [-0.2, -0.15) is 0 Å². The molecule has 0 bridgehead atoms. The molecule has 3 fully saturated rings. The van der Waals surface area contributed by atoms with Crippen LogP contribution in [0.1, 0.15) is 60.3 Å². The molecular formula is C21H34O4. The van der Waals surface area contributed by atoms with E-state index in [1.54, 1.807) is 7.11 Å². The van der Waals surface area contributed by atoms with Crippen molar-refractivity contribution < 1.29 is 19.1 Å². The van der Waals surface area contributed by atoms with Gasteiger partial charge >= 0.3 is 0 Å². The fourth-order valence-corrected chi connectivity index (χ4v) is 6.30. The molecule has 4 heteroatoms. The lowest BCUT2D eigenvalue weighted by atomic mass is 9.42. The second kappa shape index (κ2) is 6.45. The van der Waals surface area contributed by atoms with E-state index in [0.717, 1.165) is 25.5 Å². The molecule has 3 rings (SSSR count). The SMILES string of the molecule is COC1OC(C(C)C)CC2(C)C1CCC1(C)C(C=O)CC(C)C(=O)C12. The number of hydrogen-bond donors (Lipinski definition) is 0. The van der Waals surface area contributed by atoms with Gasteiger partial charge in [-0.1, -0.05) is 34.6 Å². The van der Waals surface area contributed by atoms with Crippen LogP contribution < -0.4 is 0 Å². The lowest BCUT2D eigenvalue weighted by Gasteiger charge is -2.63. The molecule has 142 valence electrons. The van der Waals surface area contributed by atoms with Crippen molar-refractivity contribution in [2.24, 2.45) is 40.4 Å². The van der Waals surface area contributed by atoms with E-state index in [9.17, 15) is 9.59 Å². The molecule has 0 radical (unpaired) electrons. The highest BCUT2D eigenvalue weighted by Gasteiger charge is 2.65. The Bertz CT molecular complexity index is 544. The molecule has 25 heavy (non-hydrogen) atoms. The zero-order chi connectivity index (χ0) is 18.6. The Hall–Kier alpha value is -0.740. The number of hydrogen-bond acceptors (Lipinski definition) is 4. The number of ether oxygens (including phenoxy) is 2. The first-order chi connectivity index (χ1) is 11.7. The van der Waals surface area contributed by atoms with Gasteiger partial charge in [0.1, 0.15) is 12.1 Å². The summed E-state index contributed by atoms with van der Waals surface area (Å²) in [6, 6.07) is 0. The van der Waals surface area contributed by atoms with Crippen LogP contribution >= 0.6 is 0 Å². The monoisotopic (exact) mass is 350 g/mol. The third-order valence-electron chi connectivity index (χ3n) is 7.80. The minimum Gasteiger partial charge on any atom is -0.356 e. The zero-order valence-corrected chi connectivity index (χ0v) is 16.6. The van der Waals surface area contributed by atoms with Crippen LogP contribution in [-0.2, 0) is 19.1 Å². The molecule has 0 amide bonds. The van der Waals surface area contributed by atoms with E-state index in [2.05, 4.69) is 27.7 Å².